The molecule has 0 aliphatic carbocycles. The maximum Gasteiger partial charge on any atom is 0.169 e. The van der Waals surface area contributed by atoms with Gasteiger partial charge in [0.25, 0.3) is 0 Å². The van der Waals surface area contributed by atoms with Crippen LogP contribution in [0.25, 0.3) is 10.4 Å². The first kappa shape index (κ1) is 11.1. The van der Waals surface area contributed by atoms with Crippen LogP contribution in [0.15, 0.2) is 30.3 Å². The molecule has 0 fully saturated rings. The maximum atomic E-state index is 11.2. The largest absolute Gasteiger partial charge is 0.294 e. The molecule has 0 atom stereocenters. The first-order valence-electron chi connectivity index (χ1n) is 5.26. The summed E-state index contributed by atoms with van der Waals surface area (Å²) in [4.78, 5) is 13.2. The van der Waals surface area contributed by atoms with Crippen molar-refractivity contribution in [1.82, 2.24) is 0 Å². The summed E-state index contributed by atoms with van der Waals surface area (Å²) in [6, 6.07) is 10.3. The molecule has 0 radical (unpaired) electrons. The molecule has 1 heterocycles. The molecule has 0 saturated carbocycles. The zero-order valence-electron chi connectivity index (χ0n) is 9.70. The number of Topliss-reactive ketones (excluding diaryl/α,β-unsaturated/α-hetero) is 1. The fourth-order valence-corrected chi connectivity index (χ4v) is 2.75. The molecule has 0 bridgehead atoms. The van der Waals surface area contributed by atoms with Crippen LogP contribution in [0, 0.1) is 13.8 Å². The van der Waals surface area contributed by atoms with Gasteiger partial charge in [-0.15, -0.1) is 11.3 Å². The van der Waals surface area contributed by atoms with Crippen molar-refractivity contribution in [2.75, 3.05) is 0 Å². The molecule has 1 nitrogen and oxygen atoms in total. The van der Waals surface area contributed by atoms with Gasteiger partial charge in [-0.1, -0.05) is 23.8 Å². The van der Waals surface area contributed by atoms with E-state index in [4.69, 9.17) is 0 Å². The van der Waals surface area contributed by atoms with E-state index in [9.17, 15) is 4.79 Å². The SMILES string of the molecule is CC(=O)c1ccc(-c2ccc(C)cc2C)s1. The molecule has 0 N–H and O–H groups in total. The Balaban J connectivity index is 2.46. The predicted octanol–water partition coefficient (Wildman–Crippen LogP) is 4.23. The van der Waals surface area contributed by atoms with E-state index in [2.05, 4.69) is 32.0 Å². The molecule has 1 aromatic carbocycles. The van der Waals surface area contributed by atoms with Gasteiger partial charge in [-0.05, 0) is 44.0 Å². The Labute approximate surface area is 99.8 Å². The van der Waals surface area contributed by atoms with Crippen LogP contribution in [0.3, 0.4) is 0 Å². The fraction of sp³-hybridized carbons (Fsp3) is 0.214. The topological polar surface area (TPSA) is 17.1 Å². The van der Waals surface area contributed by atoms with Crippen LogP contribution < -0.4 is 0 Å². The minimum Gasteiger partial charge on any atom is -0.294 e. The lowest BCUT2D eigenvalue weighted by molar-refractivity contribution is 0.102. The van der Waals surface area contributed by atoms with Crippen molar-refractivity contribution in [2.45, 2.75) is 20.8 Å². The van der Waals surface area contributed by atoms with E-state index < -0.39 is 0 Å². The van der Waals surface area contributed by atoms with Crippen molar-refractivity contribution in [2.24, 2.45) is 0 Å². The third kappa shape index (κ3) is 2.07. The van der Waals surface area contributed by atoms with E-state index in [1.54, 1.807) is 18.3 Å². The van der Waals surface area contributed by atoms with Gasteiger partial charge in [-0.25, -0.2) is 0 Å². The number of hydrogen-bond donors (Lipinski definition) is 0. The van der Waals surface area contributed by atoms with Gasteiger partial charge < -0.3 is 0 Å². The zero-order valence-corrected chi connectivity index (χ0v) is 10.5. The number of carbonyl (C=O) groups excluding carboxylic acids is 1. The molecule has 0 saturated heterocycles. The van der Waals surface area contributed by atoms with Crippen molar-refractivity contribution in [3.63, 3.8) is 0 Å². The van der Waals surface area contributed by atoms with Crippen LogP contribution in [0.5, 0.6) is 0 Å². The number of benzene rings is 1. The van der Waals surface area contributed by atoms with Crippen molar-refractivity contribution >= 4 is 17.1 Å². The maximum absolute atomic E-state index is 11.2. The van der Waals surface area contributed by atoms with Gasteiger partial charge in [0.1, 0.15) is 0 Å². The van der Waals surface area contributed by atoms with Gasteiger partial charge in [-0.3, -0.25) is 4.79 Å². The van der Waals surface area contributed by atoms with E-state index in [1.807, 2.05) is 12.1 Å². The molecule has 16 heavy (non-hydrogen) atoms. The number of carbonyl (C=O) groups is 1. The van der Waals surface area contributed by atoms with Crippen LogP contribution in [-0.2, 0) is 0 Å². The van der Waals surface area contributed by atoms with E-state index in [0.29, 0.717) is 0 Å². The Hall–Kier alpha value is -1.41. The summed E-state index contributed by atoms with van der Waals surface area (Å²) in [5.41, 5.74) is 3.75. The molecule has 0 unspecified atom stereocenters. The molecule has 0 amide bonds. The van der Waals surface area contributed by atoms with Crippen LogP contribution in [-0.4, -0.2) is 5.78 Å². The Morgan fingerprint density at radius 3 is 2.44 bits per heavy atom. The van der Waals surface area contributed by atoms with E-state index in [1.165, 1.54) is 21.6 Å². The molecule has 2 aromatic rings. The molecule has 0 aliphatic rings. The molecule has 82 valence electrons. The molecular weight excluding hydrogens is 216 g/mol. The highest BCUT2D eigenvalue weighted by Gasteiger charge is 2.07. The number of aryl methyl sites for hydroxylation is 2. The van der Waals surface area contributed by atoms with Crippen LogP contribution >= 0.6 is 11.3 Å². The third-order valence-corrected chi connectivity index (χ3v) is 3.82. The fourth-order valence-electron chi connectivity index (χ4n) is 1.76. The normalized spacial score (nSPS) is 10.4. The second kappa shape index (κ2) is 4.22. The smallest absolute Gasteiger partial charge is 0.169 e. The second-order valence-corrected chi connectivity index (χ2v) is 5.12. The van der Waals surface area contributed by atoms with E-state index >= 15 is 0 Å². The molecule has 2 rings (SSSR count). The Morgan fingerprint density at radius 1 is 1.12 bits per heavy atom. The van der Waals surface area contributed by atoms with Crippen LogP contribution in [0.1, 0.15) is 27.7 Å². The molecule has 2 heteroatoms. The van der Waals surface area contributed by atoms with Crippen molar-refractivity contribution in [3.05, 3.63) is 46.3 Å². The van der Waals surface area contributed by atoms with Gasteiger partial charge in [0.15, 0.2) is 5.78 Å². The monoisotopic (exact) mass is 230 g/mol. The Morgan fingerprint density at radius 2 is 1.88 bits per heavy atom. The van der Waals surface area contributed by atoms with Crippen LogP contribution in [0.4, 0.5) is 0 Å². The summed E-state index contributed by atoms with van der Waals surface area (Å²) in [5, 5.41) is 0. The quantitative estimate of drug-likeness (QED) is 0.705. The first-order valence-corrected chi connectivity index (χ1v) is 6.08. The minimum absolute atomic E-state index is 0.140. The summed E-state index contributed by atoms with van der Waals surface area (Å²) < 4.78 is 0. The molecule has 0 aliphatic heterocycles. The standard InChI is InChI=1S/C14H14OS/c1-9-4-5-12(10(2)8-9)14-7-6-13(16-14)11(3)15/h4-8H,1-3H3. The van der Waals surface area contributed by atoms with Crippen molar-refractivity contribution in [1.29, 1.82) is 0 Å². The minimum atomic E-state index is 0.140. The Bertz CT molecular complexity index is 537. The third-order valence-electron chi connectivity index (χ3n) is 2.60. The van der Waals surface area contributed by atoms with E-state index in [0.717, 1.165) is 4.88 Å². The van der Waals surface area contributed by atoms with E-state index in [-0.39, 0.29) is 5.78 Å². The van der Waals surface area contributed by atoms with Gasteiger partial charge in [0, 0.05) is 4.88 Å². The first-order chi connectivity index (χ1) is 7.58. The highest BCUT2D eigenvalue weighted by Crippen LogP contribution is 2.31. The predicted molar refractivity (Wildman–Crippen MR) is 69.2 cm³/mol. The highest BCUT2D eigenvalue weighted by atomic mass is 32.1. The zero-order chi connectivity index (χ0) is 11.7. The van der Waals surface area contributed by atoms with Crippen LogP contribution in [0.2, 0.25) is 0 Å². The van der Waals surface area contributed by atoms with Gasteiger partial charge in [0.2, 0.25) is 0 Å². The number of hydrogen-bond acceptors (Lipinski definition) is 2. The number of rotatable bonds is 2. The van der Waals surface area contributed by atoms with Crippen molar-refractivity contribution in [3.8, 4) is 10.4 Å². The molecular formula is C14H14OS. The summed E-state index contributed by atoms with van der Waals surface area (Å²) in [5.74, 6) is 0.140. The summed E-state index contributed by atoms with van der Waals surface area (Å²) in [7, 11) is 0. The summed E-state index contributed by atoms with van der Waals surface area (Å²) in [6.45, 7) is 5.80. The Kier molecular flexibility index (Phi) is 2.92. The van der Waals surface area contributed by atoms with Crippen molar-refractivity contribution < 1.29 is 4.79 Å². The average molecular weight is 230 g/mol. The highest BCUT2D eigenvalue weighted by molar-refractivity contribution is 7.17. The second-order valence-electron chi connectivity index (χ2n) is 4.04. The lowest BCUT2D eigenvalue weighted by atomic mass is 10.0. The van der Waals surface area contributed by atoms with Gasteiger partial charge in [0.05, 0.1) is 4.88 Å². The number of thiophene rings is 1. The lowest BCUT2D eigenvalue weighted by Gasteiger charge is -2.03. The lowest BCUT2D eigenvalue weighted by Crippen LogP contribution is -1.84. The molecule has 1 aromatic heterocycles. The summed E-state index contributed by atoms with van der Waals surface area (Å²) in [6.07, 6.45) is 0. The van der Waals surface area contributed by atoms with Gasteiger partial charge >= 0.3 is 0 Å². The van der Waals surface area contributed by atoms with Gasteiger partial charge in [-0.2, -0.15) is 0 Å². The number of ketones is 1. The average Bonchev–Trinajstić information content (AvgIpc) is 2.66. The molecule has 0 spiro atoms. The summed E-state index contributed by atoms with van der Waals surface area (Å²) >= 11 is 1.56.